The Morgan fingerprint density at radius 1 is 0.909 bits per heavy atom. The zero-order valence-corrected chi connectivity index (χ0v) is 16.0. The van der Waals surface area contributed by atoms with Crippen LogP contribution in [-0.4, -0.2) is 22.8 Å². The molecule has 0 N–H and O–H groups in total. The van der Waals surface area contributed by atoms with Gasteiger partial charge in [0.15, 0.2) is 5.78 Å². The van der Waals surface area contributed by atoms with E-state index in [1.807, 2.05) is 55.4 Å². The smallest absolute Gasteiger partial charge is 0.178 e. The molecule has 0 aromatic heterocycles. The highest BCUT2D eigenvalue weighted by Gasteiger charge is 2.38. The molecule has 1 aliphatic rings. The Kier molecular flexibility index (Phi) is 9.83. The van der Waals surface area contributed by atoms with E-state index in [2.05, 4.69) is 0 Å². The number of hydrogen-bond acceptors (Lipinski definition) is 3. The fourth-order valence-corrected chi connectivity index (χ4v) is 2.44. The molecule has 22 heavy (non-hydrogen) atoms. The van der Waals surface area contributed by atoms with Crippen LogP contribution in [0.3, 0.4) is 0 Å². The summed E-state index contributed by atoms with van der Waals surface area (Å²) in [5.74, 6) is 0.395. The molecule has 0 radical (unpaired) electrons. The molecule has 0 atom stereocenters. The lowest BCUT2D eigenvalue weighted by Gasteiger charge is -2.40. The quantitative estimate of drug-likeness (QED) is 0.681. The highest BCUT2D eigenvalue weighted by Crippen LogP contribution is 2.32. The molecule has 1 fully saturated rings. The summed E-state index contributed by atoms with van der Waals surface area (Å²) < 4.78 is 5.71. The lowest BCUT2D eigenvalue weighted by Crippen LogP contribution is -2.45. The van der Waals surface area contributed by atoms with Crippen molar-refractivity contribution in [2.75, 3.05) is 0 Å². The van der Waals surface area contributed by atoms with Crippen LogP contribution in [0.25, 0.3) is 0 Å². The van der Waals surface area contributed by atoms with Crippen LogP contribution in [0.4, 0.5) is 0 Å². The van der Waals surface area contributed by atoms with E-state index in [-0.39, 0.29) is 29.4 Å². The van der Waals surface area contributed by atoms with E-state index in [9.17, 15) is 9.59 Å². The van der Waals surface area contributed by atoms with Crippen molar-refractivity contribution < 1.29 is 14.3 Å². The number of halogens is 1. The van der Waals surface area contributed by atoms with E-state index in [0.29, 0.717) is 18.6 Å². The van der Waals surface area contributed by atoms with Gasteiger partial charge >= 0.3 is 0 Å². The Morgan fingerprint density at radius 3 is 1.45 bits per heavy atom. The van der Waals surface area contributed by atoms with Gasteiger partial charge in [-0.15, -0.1) is 12.4 Å². The first-order valence-electron chi connectivity index (χ1n) is 7.39. The molecular weight excluding hydrogens is 300 g/mol. The maximum Gasteiger partial charge on any atom is 0.178 e. The number of hydrogen-bond donors (Lipinski definition) is 0. The third-order valence-electron chi connectivity index (χ3n) is 2.66. The van der Waals surface area contributed by atoms with Gasteiger partial charge in [0, 0.05) is 12.8 Å². The molecule has 0 amide bonds. The summed E-state index contributed by atoms with van der Waals surface area (Å²) in [5, 5.41) is 0. The summed E-state index contributed by atoms with van der Waals surface area (Å²) in [6, 6.07) is 0. The summed E-state index contributed by atoms with van der Waals surface area (Å²) >= 11 is 0. The summed E-state index contributed by atoms with van der Waals surface area (Å²) in [7, 11) is 0. The normalized spacial score (nSPS) is 18.1. The van der Waals surface area contributed by atoms with E-state index >= 15 is 0 Å². The predicted molar refractivity (Wildman–Crippen MR) is 94.6 cm³/mol. The van der Waals surface area contributed by atoms with E-state index < -0.39 is 0 Å². The highest BCUT2D eigenvalue weighted by atomic mass is 35.5. The van der Waals surface area contributed by atoms with E-state index in [4.69, 9.17) is 4.74 Å². The van der Waals surface area contributed by atoms with Crippen LogP contribution in [0.1, 0.15) is 68.2 Å². The zero-order valence-electron chi connectivity index (χ0n) is 15.2. The molecule has 0 aromatic rings. The summed E-state index contributed by atoms with van der Waals surface area (Å²) in [4.78, 5) is 22.1. The topological polar surface area (TPSA) is 43.4 Å². The van der Waals surface area contributed by atoms with Crippen molar-refractivity contribution in [2.45, 2.75) is 79.4 Å². The average Bonchev–Trinajstić information content (AvgIpc) is 2.07. The number of Topliss-reactive ketones (excluding diaryl/α,β-unsaturated/α-hetero) is 1. The Hall–Kier alpha value is -0.930. The number of allylic oxidation sites excluding steroid dienone is 4. The van der Waals surface area contributed by atoms with Gasteiger partial charge in [-0.25, -0.2) is 0 Å². The first kappa shape index (κ1) is 23.3. The molecule has 1 aliphatic heterocycles. The van der Waals surface area contributed by atoms with Gasteiger partial charge in [0.25, 0.3) is 0 Å². The summed E-state index contributed by atoms with van der Waals surface area (Å²) in [5.41, 5.74) is 1.56. The Labute approximate surface area is 141 Å². The van der Waals surface area contributed by atoms with Gasteiger partial charge in [0.1, 0.15) is 5.78 Å². The van der Waals surface area contributed by atoms with Crippen molar-refractivity contribution in [1.29, 1.82) is 0 Å². The van der Waals surface area contributed by atoms with Gasteiger partial charge in [0.2, 0.25) is 0 Å². The molecule has 3 nitrogen and oxygen atoms in total. The predicted octanol–water partition coefficient (Wildman–Crippen LogP) is 4.83. The molecule has 0 saturated carbocycles. The van der Waals surface area contributed by atoms with Gasteiger partial charge in [-0.1, -0.05) is 11.1 Å². The number of carbonyl (C=O) groups is 2. The first-order chi connectivity index (χ1) is 9.33. The third kappa shape index (κ3) is 11.7. The fraction of sp³-hybridized carbons (Fsp3) is 0.667. The molecule has 1 heterocycles. The van der Waals surface area contributed by atoms with E-state index in [1.54, 1.807) is 12.2 Å². The minimum Gasteiger partial charge on any atom is -0.369 e. The van der Waals surface area contributed by atoms with Gasteiger partial charge in [-0.05, 0) is 67.5 Å². The molecule has 1 rings (SSSR count). The van der Waals surface area contributed by atoms with Gasteiger partial charge in [-0.3, -0.25) is 9.59 Å². The SMILES string of the molecule is CC(C)=CC(=O)C=C(C)C.CC1(C)CC(=O)CC(C)(C)O1.Cl. The van der Waals surface area contributed by atoms with E-state index in [0.717, 1.165) is 11.1 Å². The molecule has 0 spiro atoms. The van der Waals surface area contributed by atoms with Crippen LogP contribution in [0.2, 0.25) is 0 Å². The van der Waals surface area contributed by atoms with Crippen LogP contribution in [0.5, 0.6) is 0 Å². The second kappa shape index (κ2) is 9.26. The maximum absolute atomic E-state index is 11.2. The van der Waals surface area contributed by atoms with Crippen molar-refractivity contribution >= 4 is 24.0 Å². The molecule has 4 heteroatoms. The number of rotatable bonds is 2. The Morgan fingerprint density at radius 2 is 1.23 bits per heavy atom. The summed E-state index contributed by atoms with van der Waals surface area (Å²) in [6.07, 6.45) is 4.37. The molecule has 0 aromatic carbocycles. The number of carbonyl (C=O) groups excluding carboxylic acids is 2. The molecule has 128 valence electrons. The van der Waals surface area contributed by atoms with Crippen molar-refractivity contribution in [3.63, 3.8) is 0 Å². The van der Waals surface area contributed by atoms with Crippen molar-refractivity contribution in [3.8, 4) is 0 Å². The molecule has 0 aliphatic carbocycles. The maximum atomic E-state index is 11.2. The molecule has 1 saturated heterocycles. The largest absolute Gasteiger partial charge is 0.369 e. The van der Waals surface area contributed by atoms with Gasteiger partial charge < -0.3 is 4.74 Å². The van der Waals surface area contributed by atoms with Crippen LogP contribution in [-0.2, 0) is 14.3 Å². The minimum atomic E-state index is -0.265. The Balaban J connectivity index is 0. The van der Waals surface area contributed by atoms with Crippen molar-refractivity contribution in [3.05, 3.63) is 23.3 Å². The van der Waals surface area contributed by atoms with E-state index in [1.165, 1.54) is 0 Å². The summed E-state index contributed by atoms with van der Waals surface area (Å²) in [6.45, 7) is 15.5. The zero-order chi connectivity index (χ0) is 16.8. The highest BCUT2D eigenvalue weighted by molar-refractivity contribution is 5.99. The van der Waals surface area contributed by atoms with Gasteiger partial charge in [-0.2, -0.15) is 0 Å². The monoisotopic (exact) mass is 330 g/mol. The Bertz CT molecular complexity index is 411. The van der Waals surface area contributed by atoms with Crippen LogP contribution >= 0.6 is 12.4 Å². The molecule has 0 bridgehead atoms. The third-order valence-corrected chi connectivity index (χ3v) is 2.66. The second-order valence-electron chi connectivity index (χ2n) is 7.36. The second-order valence-corrected chi connectivity index (χ2v) is 7.36. The lowest BCUT2D eigenvalue weighted by molar-refractivity contribution is -0.169. The number of ketones is 2. The van der Waals surface area contributed by atoms with Gasteiger partial charge in [0.05, 0.1) is 11.2 Å². The lowest BCUT2D eigenvalue weighted by atomic mass is 9.88. The molecular formula is C18H31ClO3. The van der Waals surface area contributed by atoms with Crippen LogP contribution in [0, 0.1) is 0 Å². The molecule has 0 unspecified atom stereocenters. The number of ether oxygens (including phenoxy) is 1. The van der Waals surface area contributed by atoms with Crippen LogP contribution in [0.15, 0.2) is 23.3 Å². The first-order valence-corrected chi connectivity index (χ1v) is 7.39. The fourth-order valence-electron chi connectivity index (χ4n) is 2.44. The standard InChI is InChI=1S/C9H16O2.C9H14O.ClH/c1-8(2)5-7(10)6-9(3,4)11-8;1-7(2)5-9(10)6-8(3)4;/h5-6H2,1-4H3;5-6H,1-4H3;1H. The average molecular weight is 331 g/mol. The van der Waals surface area contributed by atoms with Crippen LogP contribution < -0.4 is 0 Å². The minimum absolute atomic E-state index is 0. The van der Waals surface area contributed by atoms with Crippen molar-refractivity contribution in [2.24, 2.45) is 0 Å². The van der Waals surface area contributed by atoms with Crippen molar-refractivity contribution in [1.82, 2.24) is 0 Å².